The molecule has 0 bridgehead atoms. The average Bonchev–Trinajstić information content (AvgIpc) is 3.08. The average molecular weight is 402 g/mol. The van der Waals surface area contributed by atoms with Gasteiger partial charge in [0.15, 0.2) is 0 Å². The first kappa shape index (κ1) is 20.8. The normalized spacial score (nSPS) is 18.4. The Morgan fingerprint density at radius 3 is 2.62 bits per heavy atom. The largest absolute Gasteiger partial charge is 0.497 e. The van der Waals surface area contributed by atoms with E-state index < -0.39 is 11.4 Å². The van der Waals surface area contributed by atoms with E-state index in [4.69, 9.17) is 4.74 Å². The number of carbonyl (C=O) groups is 2. The Morgan fingerprint density at radius 2 is 1.97 bits per heavy atom. The fraction of sp³-hybridized carbons (Fsp3) is 0.364. The van der Waals surface area contributed by atoms with Crippen molar-refractivity contribution in [1.29, 1.82) is 0 Å². The predicted octanol–water partition coefficient (Wildman–Crippen LogP) is 3.26. The Bertz CT molecular complexity index is 903. The second-order valence-corrected chi connectivity index (χ2v) is 7.33. The molecule has 5 nitrogen and oxygen atoms in total. The van der Waals surface area contributed by atoms with E-state index in [9.17, 15) is 18.4 Å². The van der Waals surface area contributed by atoms with Crippen molar-refractivity contribution >= 4 is 11.8 Å². The summed E-state index contributed by atoms with van der Waals surface area (Å²) in [5.41, 5.74) is 0.187. The molecule has 0 aromatic heterocycles. The van der Waals surface area contributed by atoms with Crippen LogP contribution in [0.5, 0.6) is 5.75 Å². The van der Waals surface area contributed by atoms with E-state index in [1.807, 2.05) is 0 Å². The molecule has 2 amide bonds. The van der Waals surface area contributed by atoms with Gasteiger partial charge in [-0.05, 0) is 37.0 Å². The Kier molecular flexibility index (Phi) is 6.46. The van der Waals surface area contributed by atoms with Gasteiger partial charge < -0.3 is 15.4 Å². The molecule has 0 unspecified atom stereocenters. The third kappa shape index (κ3) is 5.31. The summed E-state index contributed by atoms with van der Waals surface area (Å²) in [5, 5.41) is 5.63. The van der Waals surface area contributed by atoms with Crippen molar-refractivity contribution in [3.63, 3.8) is 0 Å². The lowest BCUT2D eigenvalue weighted by Crippen LogP contribution is -2.44. The van der Waals surface area contributed by atoms with Crippen LogP contribution in [0, 0.1) is 11.6 Å². The van der Waals surface area contributed by atoms with Gasteiger partial charge >= 0.3 is 0 Å². The SMILES string of the molecule is COc1ccc(C[C@@]2(CCC(=O)NCc3ccccc3F)CCC(=O)N2)c(F)c1. The van der Waals surface area contributed by atoms with Crippen molar-refractivity contribution in [2.45, 2.75) is 44.2 Å². The van der Waals surface area contributed by atoms with Crippen LogP contribution in [0.15, 0.2) is 42.5 Å². The quantitative estimate of drug-likeness (QED) is 0.712. The second kappa shape index (κ2) is 9.03. The van der Waals surface area contributed by atoms with Gasteiger partial charge in [0, 0.05) is 36.6 Å². The summed E-state index contributed by atoms with van der Waals surface area (Å²) in [6.45, 7) is 0.0952. The van der Waals surface area contributed by atoms with Crippen molar-refractivity contribution < 1.29 is 23.1 Å². The molecule has 0 spiro atoms. The molecule has 1 aliphatic rings. The fourth-order valence-corrected chi connectivity index (χ4v) is 3.62. The molecule has 3 rings (SSSR count). The summed E-state index contributed by atoms with van der Waals surface area (Å²) in [6, 6.07) is 10.9. The summed E-state index contributed by atoms with van der Waals surface area (Å²) in [7, 11) is 1.47. The molecule has 7 heteroatoms. The van der Waals surface area contributed by atoms with Crippen molar-refractivity contribution in [3.05, 3.63) is 65.2 Å². The Balaban J connectivity index is 1.62. The summed E-state index contributed by atoms with van der Waals surface area (Å²) in [6.07, 6.45) is 1.67. The molecule has 2 N–H and O–H groups in total. The van der Waals surface area contributed by atoms with E-state index in [2.05, 4.69) is 10.6 Å². The van der Waals surface area contributed by atoms with E-state index >= 15 is 0 Å². The van der Waals surface area contributed by atoms with E-state index in [-0.39, 0.29) is 37.0 Å². The maximum Gasteiger partial charge on any atom is 0.220 e. The molecule has 1 saturated heterocycles. The van der Waals surface area contributed by atoms with Crippen LogP contribution in [0.25, 0.3) is 0 Å². The van der Waals surface area contributed by atoms with Crippen LogP contribution in [0.2, 0.25) is 0 Å². The Hall–Kier alpha value is -2.96. The van der Waals surface area contributed by atoms with Crippen LogP contribution < -0.4 is 15.4 Å². The predicted molar refractivity (Wildman–Crippen MR) is 104 cm³/mol. The number of benzene rings is 2. The maximum atomic E-state index is 14.4. The minimum absolute atomic E-state index is 0.0952. The molecule has 0 saturated carbocycles. The molecule has 1 aliphatic heterocycles. The highest BCUT2D eigenvalue weighted by molar-refractivity contribution is 5.80. The van der Waals surface area contributed by atoms with Crippen LogP contribution in [0.4, 0.5) is 8.78 Å². The van der Waals surface area contributed by atoms with E-state index in [0.29, 0.717) is 36.1 Å². The highest BCUT2D eigenvalue weighted by Gasteiger charge is 2.38. The highest BCUT2D eigenvalue weighted by atomic mass is 19.1. The van der Waals surface area contributed by atoms with Gasteiger partial charge in [0.25, 0.3) is 0 Å². The van der Waals surface area contributed by atoms with Crippen molar-refractivity contribution in [2.75, 3.05) is 7.11 Å². The lowest BCUT2D eigenvalue weighted by molar-refractivity contribution is -0.122. The Morgan fingerprint density at radius 1 is 1.17 bits per heavy atom. The minimum Gasteiger partial charge on any atom is -0.497 e. The summed E-state index contributed by atoms with van der Waals surface area (Å²) >= 11 is 0. The topological polar surface area (TPSA) is 67.4 Å². The summed E-state index contributed by atoms with van der Waals surface area (Å²) in [4.78, 5) is 24.1. The van der Waals surface area contributed by atoms with Crippen LogP contribution in [0.3, 0.4) is 0 Å². The smallest absolute Gasteiger partial charge is 0.220 e. The van der Waals surface area contributed by atoms with E-state index in [0.717, 1.165) is 0 Å². The van der Waals surface area contributed by atoms with Crippen LogP contribution in [0.1, 0.15) is 36.8 Å². The molecule has 2 aromatic rings. The van der Waals surface area contributed by atoms with Gasteiger partial charge in [0.05, 0.1) is 7.11 Å². The lowest BCUT2D eigenvalue weighted by Gasteiger charge is -2.29. The number of ether oxygens (including phenoxy) is 1. The molecule has 29 heavy (non-hydrogen) atoms. The molecular formula is C22H24F2N2O3. The minimum atomic E-state index is -0.679. The van der Waals surface area contributed by atoms with Crippen LogP contribution >= 0.6 is 0 Å². The number of hydrogen-bond acceptors (Lipinski definition) is 3. The number of methoxy groups -OCH3 is 1. The Labute approximate surface area is 168 Å². The zero-order chi connectivity index (χ0) is 20.9. The fourth-order valence-electron chi connectivity index (χ4n) is 3.62. The molecule has 2 aromatic carbocycles. The van der Waals surface area contributed by atoms with Gasteiger partial charge in [-0.25, -0.2) is 8.78 Å². The molecular weight excluding hydrogens is 378 g/mol. The highest BCUT2D eigenvalue weighted by Crippen LogP contribution is 2.31. The molecule has 1 fully saturated rings. The number of carbonyl (C=O) groups excluding carboxylic acids is 2. The first-order valence-corrected chi connectivity index (χ1v) is 9.54. The monoisotopic (exact) mass is 402 g/mol. The van der Waals surface area contributed by atoms with Gasteiger partial charge in [-0.3, -0.25) is 9.59 Å². The standard InChI is InChI=1S/C22H24F2N2O3/c1-29-17-7-6-15(19(24)12-17)13-22(11-9-21(28)26-22)10-8-20(27)25-14-16-4-2-3-5-18(16)23/h2-7,12H,8-11,13-14H2,1H3,(H,25,27)(H,26,28)/t22-/m1/s1. The van der Waals surface area contributed by atoms with Gasteiger partial charge in [-0.1, -0.05) is 24.3 Å². The third-order valence-electron chi connectivity index (χ3n) is 5.29. The van der Waals surface area contributed by atoms with E-state index in [1.54, 1.807) is 30.3 Å². The summed E-state index contributed by atoms with van der Waals surface area (Å²) in [5.74, 6) is -0.714. The number of hydrogen-bond donors (Lipinski definition) is 2. The van der Waals surface area contributed by atoms with Crippen molar-refractivity contribution in [1.82, 2.24) is 10.6 Å². The van der Waals surface area contributed by atoms with Crippen LogP contribution in [-0.4, -0.2) is 24.5 Å². The van der Waals surface area contributed by atoms with Crippen molar-refractivity contribution in [3.8, 4) is 5.75 Å². The molecule has 0 radical (unpaired) electrons. The third-order valence-corrected chi connectivity index (χ3v) is 5.29. The first-order chi connectivity index (χ1) is 13.9. The lowest BCUT2D eigenvalue weighted by atomic mass is 9.84. The number of rotatable bonds is 8. The van der Waals surface area contributed by atoms with Gasteiger partial charge in [-0.15, -0.1) is 0 Å². The molecule has 1 atom stereocenters. The van der Waals surface area contributed by atoms with Gasteiger partial charge in [-0.2, -0.15) is 0 Å². The maximum absolute atomic E-state index is 14.4. The number of nitrogens with one attached hydrogen (secondary N) is 2. The zero-order valence-electron chi connectivity index (χ0n) is 16.3. The molecule has 0 aliphatic carbocycles. The van der Waals surface area contributed by atoms with Gasteiger partial charge in [0.2, 0.25) is 11.8 Å². The first-order valence-electron chi connectivity index (χ1n) is 9.54. The number of amides is 2. The molecule has 154 valence electrons. The summed E-state index contributed by atoms with van der Waals surface area (Å²) < 4.78 is 33.1. The number of halogens is 2. The molecule has 1 heterocycles. The van der Waals surface area contributed by atoms with E-state index in [1.165, 1.54) is 19.2 Å². The van der Waals surface area contributed by atoms with Crippen LogP contribution in [-0.2, 0) is 22.6 Å². The second-order valence-electron chi connectivity index (χ2n) is 7.33. The zero-order valence-corrected chi connectivity index (χ0v) is 16.3. The van der Waals surface area contributed by atoms with Crippen molar-refractivity contribution in [2.24, 2.45) is 0 Å². The van der Waals surface area contributed by atoms with Gasteiger partial charge in [0.1, 0.15) is 17.4 Å².